The van der Waals surface area contributed by atoms with Gasteiger partial charge in [-0.1, -0.05) is 0 Å². The number of hydrogen-bond donors (Lipinski definition) is 2. The molecule has 0 aromatic rings. The first-order valence-electron chi connectivity index (χ1n) is 4.79. The van der Waals surface area contributed by atoms with Crippen molar-refractivity contribution in [1.82, 2.24) is 5.32 Å². The number of hydrogen-bond acceptors (Lipinski definition) is 3. The minimum atomic E-state index is -0.0980. The van der Waals surface area contributed by atoms with Crippen LogP contribution in [0.25, 0.3) is 0 Å². The summed E-state index contributed by atoms with van der Waals surface area (Å²) in [6, 6.07) is 0. The smallest absolute Gasteiger partial charge is 0.245 e. The van der Waals surface area contributed by atoms with Crippen LogP contribution in [0.5, 0.6) is 0 Å². The van der Waals surface area contributed by atoms with E-state index in [1.807, 2.05) is 0 Å². The standard InChI is InChI=1S/C10H18N2O2/c1-2-3-4-5-7-12-10(13)9-14-8-6-11/h1H,3-9,11H2,(H,12,13). The zero-order chi connectivity index (χ0) is 10.6. The van der Waals surface area contributed by atoms with Gasteiger partial charge < -0.3 is 15.8 Å². The highest BCUT2D eigenvalue weighted by molar-refractivity contribution is 5.77. The Bertz CT molecular complexity index is 187. The summed E-state index contributed by atoms with van der Waals surface area (Å²) in [7, 11) is 0. The Kier molecular flexibility index (Phi) is 9.28. The summed E-state index contributed by atoms with van der Waals surface area (Å²) in [5, 5.41) is 2.73. The number of carbonyl (C=O) groups excluding carboxylic acids is 1. The average Bonchev–Trinajstić information content (AvgIpc) is 2.18. The molecule has 0 aliphatic carbocycles. The first kappa shape index (κ1) is 12.9. The molecule has 0 saturated heterocycles. The summed E-state index contributed by atoms with van der Waals surface area (Å²) in [4.78, 5) is 11.0. The molecule has 0 spiro atoms. The van der Waals surface area contributed by atoms with Crippen LogP contribution in [0.1, 0.15) is 19.3 Å². The monoisotopic (exact) mass is 198 g/mol. The van der Waals surface area contributed by atoms with E-state index in [2.05, 4.69) is 11.2 Å². The molecule has 0 aliphatic heterocycles. The van der Waals surface area contributed by atoms with Crippen LogP contribution in [-0.2, 0) is 9.53 Å². The molecule has 4 nitrogen and oxygen atoms in total. The molecule has 4 heteroatoms. The maximum Gasteiger partial charge on any atom is 0.245 e. The van der Waals surface area contributed by atoms with E-state index in [0.29, 0.717) is 19.7 Å². The third-order valence-corrected chi connectivity index (χ3v) is 1.57. The Labute approximate surface area is 85.2 Å². The van der Waals surface area contributed by atoms with Crippen LogP contribution in [-0.4, -0.2) is 32.2 Å². The van der Waals surface area contributed by atoms with Gasteiger partial charge in [-0.15, -0.1) is 12.3 Å². The molecule has 0 unspecified atom stereocenters. The van der Waals surface area contributed by atoms with Crippen LogP contribution in [0.3, 0.4) is 0 Å². The fourth-order valence-electron chi connectivity index (χ4n) is 0.879. The van der Waals surface area contributed by atoms with Crippen molar-refractivity contribution in [3.05, 3.63) is 0 Å². The number of terminal acetylenes is 1. The molecule has 0 fully saturated rings. The lowest BCUT2D eigenvalue weighted by atomic mass is 10.2. The van der Waals surface area contributed by atoms with Gasteiger partial charge in [-0.05, 0) is 12.8 Å². The molecule has 0 aromatic heterocycles. The predicted octanol–water partition coefficient (Wildman–Crippen LogP) is -0.119. The summed E-state index contributed by atoms with van der Waals surface area (Å²) in [6.45, 7) is 1.61. The summed E-state index contributed by atoms with van der Waals surface area (Å²) >= 11 is 0. The second-order valence-electron chi connectivity index (χ2n) is 2.85. The molecule has 0 radical (unpaired) electrons. The van der Waals surface area contributed by atoms with Gasteiger partial charge in [0.25, 0.3) is 0 Å². The fourth-order valence-corrected chi connectivity index (χ4v) is 0.879. The van der Waals surface area contributed by atoms with Crippen molar-refractivity contribution >= 4 is 5.91 Å². The van der Waals surface area contributed by atoms with Gasteiger partial charge in [0.1, 0.15) is 6.61 Å². The Morgan fingerprint density at radius 3 is 2.93 bits per heavy atom. The van der Waals surface area contributed by atoms with Crippen LogP contribution in [0.15, 0.2) is 0 Å². The largest absolute Gasteiger partial charge is 0.370 e. The van der Waals surface area contributed by atoms with Gasteiger partial charge in [-0.2, -0.15) is 0 Å². The topological polar surface area (TPSA) is 64.3 Å². The van der Waals surface area contributed by atoms with Gasteiger partial charge in [-0.3, -0.25) is 4.79 Å². The van der Waals surface area contributed by atoms with E-state index in [9.17, 15) is 4.79 Å². The second-order valence-corrected chi connectivity index (χ2v) is 2.85. The lowest BCUT2D eigenvalue weighted by Gasteiger charge is -2.04. The molecule has 80 valence electrons. The predicted molar refractivity (Wildman–Crippen MR) is 55.6 cm³/mol. The van der Waals surface area contributed by atoms with E-state index in [1.54, 1.807) is 0 Å². The summed E-state index contributed by atoms with van der Waals surface area (Å²) in [6.07, 6.45) is 7.70. The Balaban J connectivity index is 3.15. The van der Waals surface area contributed by atoms with Crippen LogP contribution >= 0.6 is 0 Å². The summed E-state index contributed by atoms with van der Waals surface area (Å²) in [5.41, 5.74) is 5.19. The zero-order valence-corrected chi connectivity index (χ0v) is 8.42. The number of nitrogens with two attached hydrogens (primary N) is 1. The Morgan fingerprint density at radius 2 is 2.29 bits per heavy atom. The quantitative estimate of drug-likeness (QED) is 0.422. The Morgan fingerprint density at radius 1 is 1.50 bits per heavy atom. The number of carbonyl (C=O) groups is 1. The third-order valence-electron chi connectivity index (χ3n) is 1.57. The molecule has 0 atom stereocenters. The fraction of sp³-hybridized carbons (Fsp3) is 0.700. The lowest BCUT2D eigenvalue weighted by molar-refractivity contribution is -0.125. The molecule has 0 heterocycles. The van der Waals surface area contributed by atoms with Crippen LogP contribution < -0.4 is 11.1 Å². The van der Waals surface area contributed by atoms with Crippen molar-refractivity contribution in [2.75, 3.05) is 26.3 Å². The molecule has 0 saturated carbocycles. The van der Waals surface area contributed by atoms with E-state index in [4.69, 9.17) is 16.9 Å². The molecule has 0 aromatic carbocycles. The second kappa shape index (κ2) is 10.0. The highest BCUT2D eigenvalue weighted by Gasteiger charge is 1.98. The minimum absolute atomic E-state index is 0.0896. The normalized spacial score (nSPS) is 9.43. The van der Waals surface area contributed by atoms with Crippen LogP contribution in [0.4, 0.5) is 0 Å². The molecule has 14 heavy (non-hydrogen) atoms. The Hall–Kier alpha value is -1.05. The van der Waals surface area contributed by atoms with Crippen LogP contribution in [0, 0.1) is 12.3 Å². The van der Waals surface area contributed by atoms with Crippen molar-refractivity contribution in [2.24, 2.45) is 5.73 Å². The highest BCUT2D eigenvalue weighted by atomic mass is 16.5. The number of ether oxygens (including phenoxy) is 1. The maximum atomic E-state index is 11.0. The van der Waals surface area contributed by atoms with Crippen molar-refractivity contribution in [2.45, 2.75) is 19.3 Å². The number of amides is 1. The molecule has 3 N–H and O–H groups in total. The third kappa shape index (κ3) is 9.04. The molecule has 0 bridgehead atoms. The van der Waals surface area contributed by atoms with E-state index >= 15 is 0 Å². The van der Waals surface area contributed by atoms with Gasteiger partial charge in [0.15, 0.2) is 0 Å². The summed E-state index contributed by atoms with van der Waals surface area (Å²) in [5.74, 6) is 2.45. The molecular formula is C10H18N2O2. The highest BCUT2D eigenvalue weighted by Crippen LogP contribution is 1.91. The molecular weight excluding hydrogens is 180 g/mol. The average molecular weight is 198 g/mol. The van der Waals surface area contributed by atoms with E-state index < -0.39 is 0 Å². The summed E-state index contributed by atoms with van der Waals surface area (Å²) < 4.78 is 4.95. The van der Waals surface area contributed by atoms with E-state index in [1.165, 1.54) is 0 Å². The molecule has 0 aliphatic rings. The maximum absolute atomic E-state index is 11.0. The van der Waals surface area contributed by atoms with Crippen molar-refractivity contribution in [3.63, 3.8) is 0 Å². The number of nitrogens with one attached hydrogen (secondary N) is 1. The minimum Gasteiger partial charge on any atom is -0.370 e. The van der Waals surface area contributed by atoms with Crippen molar-refractivity contribution < 1.29 is 9.53 Å². The number of unbranched alkanes of at least 4 members (excludes halogenated alkanes) is 2. The van der Waals surface area contributed by atoms with Crippen LogP contribution in [0.2, 0.25) is 0 Å². The number of rotatable bonds is 8. The van der Waals surface area contributed by atoms with Gasteiger partial charge in [-0.25, -0.2) is 0 Å². The van der Waals surface area contributed by atoms with E-state index in [-0.39, 0.29) is 12.5 Å². The zero-order valence-electron chi connectivity index (χ0n) is 8.42. The molecule has 1 amide bonds. The van der Waals surface area contributed by atoms with E-state index in [0.717, 1.165) is 19.3 Å². The lowest BCUT2D eigenvalue weighted by Crippen LogP contribution is -2.29. The SMILES string of the molecule is C#CCCCCNC(=O)COCCN. The van der Waals surface area contributed by atoms with Gasteiger partial charge in [0.2, 0.25) is 5.91 Å². The van der Waals surface area contributed by atoms with Gasteiger partial charge in [0, 0.05) is 19.5 Å². The van der Waals surface area contributed by atoms with Crippen molar-refractivity contribution in [1.29, 1.82) is 0 Å². The van der Waals surface area contributed by atoms with Gasteiger partial charge >= 0.3 is 0 Å². The first-order chi connectivity index (χ1) is 6.81. The van der Waals surface area contributed by atoms with Crippen molar-refractivity contribution in [3.8, 4) is 12.3 Å². The molecule has 0 rings (SSSR count). The van der Waals surface area contributed by atoms with Gasteiger partial charge in [0.05, 0.1) is 6.61 Å². The first-order valence-corrected chi connectivity index (χ1v) is 4.79.